The third kappa shape index (κ3) is 3.54. The second-order valence-corrected chi connectivity index (χ2v) is 9.06. The lowest BCUT2D eigenvalue weighted by atomic mass is 10.2. The van der Waals surface area contributed by atoms with Crippen molar-refractivity contribution in [3.63, 3.8) is 0 Å². The average molecular weight is 569 g/mol. The summed E-state index contributed by atoms with van der Waals surface area (Å²) in [6.45, 7) is 0. The van der Waals surface area contributed by atoms with Gasteiger partial charge < -0.3 is 4.18 Å². The molecule has 3 rings (SSSR count). The molecular formula is C15H8Br2INO3S. The van der Waals surface area contributed by atoms with Crippen LogP contribution in [0, 0.1) is 3.57 Å². The van der Waals surface area contributed by atoms with Crippen LogP contribution < -0.4 is 4.18 Å². The molecule has 1 aromatic heterocycles. The zero-order chi connectivity index (χ0) is 16.6. The molecule has 0 aliphatic heterocycles. The summed E-state index contributed by atoms with van der Waals surface area (Å²) >= 11 is 8.89. The number of rotatable bonds is 3. The summed E-state index contributed by atoms with van der Waals surface area (Å²) in [5, 5.41) is 0.767. The molecule has 0 unspecified atom stereocenters. The Morgan fingerprint density at radius 3 is 2.43 bits per heavy atom. The minimum atomic E-state index is -3.95. The number of benzene rings is 2. The third-order valence-electron chi connectivity index (χ3n) is 3.05. The molecule has 23 heavy (non-hydrogen) atoms. The first-order chi connectivity index (χ1) is 10.9. The van der Waals surface area contributed by atoms with Crippen LogP contribution in [0.3, 0.4) is 0 Å². The van der Waals surface area contributed by atoms with Gasteiger partial charge in [0.15, 0.2) is 5.75 Å². The van der Waals surface area contributed by atoms with Crippen molar-refractivity contribution in [1.29, 1.82) is 0 Å². The van der Waals surface area contributed by atoms with E-state index in [1.807, 2.05) is 6.07 Å². The summed E-state index contributed by atoms with van der Waals surface area (Å²) in [5.41, 5.74) is 0.461. The van der Waals surface area contributed by atoms with Gasteiger partial charge in [-0.1, -0.05) is 22.0 Å². The molecule has 3 aromatic rings. The van der Waals surface area contributed by atoms with Crippen LogP contribution in [0.5, 0.6) is 5.75 Å². The average Bonchev–Trinajstić information content (AvgIpc) is 2.52. The van der Waals surface area contributed by atoms with Gasteiger partial charge in [-0.15, -0.1) is 0 Å². The van der Waals surface area contributed by atoms with E-state index >= 15 is 0 Å². The summed E-state index contributed by atoms with van der Waals surface area (Å²) in [4.78, 5) is 4.34. The largest absolute Gasteiger partial charge is 0.375 e. The summed E-state index contributed by atoms with van der Waals surface area (Å²) < 4.78 is 32.6. The molecule has 0 radical (unpaired) electrons. The SMILES string of the molecule is O=S(=O)(Oc1c(Br)cc(Br)c2cccnc12)c1ccc(I)cc1. The first-order valence-corrected chi connectivity index (χ1v) is 10.4. The summed E-state index contributed by atoms with van der Waals surface area (Å²) in [5.74, 6) is 0.169. The minimum absolute atomic E-state index is 0.0943. The van der Waals surface area contributed by atoms with Gasteiger partial charge in [-0.25, -0.2) is 0 Å². The van der Waals surface area contributed by atoms with E-state index in [4.69, 9.17) is 4.18 Å². The van der Waals surface area contributed by atoms with Crippen molar-refractivity contribution in [3.05, 3.63) is 61.2 Å². The number of aromatic nitrogens is 1. The molecule has 0 atom stereocenters. The molecule has 2 aromatic carbocycles. The van der Waals surface area contributed by atoms with Crippen LogP contribution in [-0.2, 0) is 10.1 Å². The van der Waals surface area contributed by atoms with Crippen molar-refractivity contribution < 1.29 is 12.6 Å². The van der Waals surface area contributed by atoms with Crippen molar-refractivity contribution in [3.8, 4) is 5.75 Å². The van der Waals surface area contributed by atoms with E-state index in [0.29, 0.717) is 9.99 Å². The van der Waals surface area contributed by atoms with Crippen LogP contribution in [0.2, 0.25) is 0 Å². The van der Waals surface area contributed by atoms with E-state index in [1.165, 1.54) is 12.1 Å². The van der Waals surface area contributed by atoms with Crippen LogP contribution >= 0.6 is 54.5 Å². The summed E-state index contributed by atoms with van der Waals surface area (Å²) in [6, 6.07) is 11.8. The van der Waals surface area contributed by atoms with E-state index in [9.17, 15) is 8.42 Å². The molecule has 0 bridgehead atoms. The van der Waals surface area contributed by atoms with E-state index < -0.39 is 10.1 Å². The summed E-state index contributed by atoms with van der Waals surface area (Å²) in [6.07, 6.45) is 1.59. The van der Waals surface area contributed by atoms with Crippen molar-refractivity contribution in [2.75, 3.05) is 0 Å². The van der Waals surface area contributed by atoms with Gasteiger partial charge in [0, 0.05) is 19.6 Å². The summed E-state index contributed by atoms with van der Waals surface area (Å²) in [7, 11) is -3.95. The van der Waals surface area contributed by atoms with Gasteiger partial charge in [0.05, 0.1) is 4.47 Å². The number of nitrogens with zero attached hydrogens (tertiary/aromatic N) is 1. The lowest BCUT2D eigenvalue weighted by molar-refractivity contribution is 0.486. The Labute approximate surface area is 163 Å². The monoisotopic (exact) mass is 567 g/mol. The Morgan fingerprint density at radius 2 is 1.74 bits per heavy atom. The topological polar surface area (TPSA) is 56.3 Å². The highest BCUT2D eigenvalue weighted by Crippen LogP contribution is 2.38. The van der Waals surface area contributed by atoms with Crippen LogP contribution in [0.25, 0.3) is 10.9 Å². The molecule has 0 amide bonds. The molecular weight excluding hydrogens is 561 g/mol. The Hall–Kier alpha value is -0.710. The second-order valence-electron chi connectivity index (χ2n) is 4.56. The Balaban J connectivity index is 2.13. The number of fused-ring (bicyclic) bond motifs is 1. The van der Waals surface area contributed by atoms with Gasteiger partial charge >= 0.3 is 10.1 Å². The molecule has 4 nitrogen and oxygen atoms in total. The number of pyridine rings is 1. The van der Waals surface area contributed by atoms with E-state index in [-0.39, 0.29) is 10.6 Å². The van der Waals surface area contributed by atoms with Crippen LogP contribution in [0.4, 0.5) is 0 Å². The number of hydrogen-bond acceptors (Lipinski definition) is 4. The van der Waals surface area contributed by atoms with Crippen LogP contribution in [-0.4, -0.2) is 13.4 Å². The zero-order valence-corrected chi connectivity index (χ0v) is 17.5. The molecule has 1 heterocycles. The maximum atomic E-state index is 12.5. The Kier molecular flexibility index (Phi) is 4.96. The maximum Gasteiger partial charge on any atom is 0.339 e. The fourth-order valence-electron chi connectivity index (χ4n) is 1.98. The lowest BCUT2D eigenvalue weighted by Gasteiger charge is -2.12. The highest BCUT2D eigenvalue weighted by atomic mass is 127. The van der Waals surface area contributed by atoms with Crippen LogP contribution in [0.15, 0.2) is 62.5 Å². The fourth-order valence-corrected chi connectivity index (χ4v) is 4.76. The molecule has 0 spiro atoms. The smallest absolute Gasteiger partial charge is 0.339 e. The second kappa shape index (κ2) is 6.66. The molecule has 0 saturated heterocycles. The molecule has 118 valence electrons. The first-order valence-electron chi connectivity index (χ1n) is 6.31. The van der Waals surface area contributed by atoms with Crippen molar-refractivity contribution in [1.82, 2.24) is 4.98 Å². The normalized spacial score (nSPS) is 11.6. The number of hydrogen-bond donors (Lipinski definition) is 0. The molecule has 8 heteroatoms. The predicted octanol–water partition coefficient (Wildman–Crippen LogP) is 5.13. The zero-order valence-electron chi connectivity index (χ0n) is 11.3. The molecule has 0 aliphatic carbocycles. The van der Waals surface area contributed by atoms with Crippen molar-refractivity contribution in [2.24, 2.45) is 0 Å². The predicted molar refractivity (Wildman–Crippen MR) is 104 cm³/mol. The quantitative estimate of drug-likeness (QED) is 0.325. The van der Waals surface area contributed by atoms with E-state index in [1.54, 1.807) is 30.5 Å². The van der Waals surface area contributed by atoms with Gasteiger partial charge in [-0.2, -0.15) is 8.42 Å². The first kappa shape index (κ1) is 17.1. The minimum Gasteiger partial charge on any atom is -0.375 e. The van der Waals surface area contributed by atoms with E-state index in [0.717, 1.165) is 13.4 Å². The van der Waals surface area contributed by atoms with Crippen molar-refractivity contribution >= 4 is 75.5 Å². The highest BCUT2D eigenvalue weighted by molar-refractivity contribution is 14.1. The highest BCUT2D eigenvalue weighted by Gasteiger charge is 2.21. The fraction of sp³-hybridized carbons (Fsp3) is 0. The molecule has 0 aliphatic rings. The molecule has 0 N–H and O–H groups in total. The number of halogens is 3. The van der Waals surface area contributed by atoms with Gasteiger partial charge in [-0.05, 0) is 74.9 Å². The van der Waals surface area contributed by atoms with E-state index in [2.05, 4.69) is 59.4 Å². The maximum absolute atomic E-state index is 12.5. The van der Waals surface area contributed by atoms with Crippen LogP contribution in [0.1, 0.15) is 0 Å². The standard InChI is InChI=1S/C15H8Br2INO3S/c16-12-8-13(17)15(14-11(12)2-1-7-19-14)22-23(20,21)10-5-3-9(18)4-6-10/h1-8H. The molecule has 0 saturated carbocycles. The van der Waals surface area contributed by atoms with Gasteiger partial charge in [0.1, 0.15) is 10.4 Å². The lowest BCUT2D eigenvalue weighted by Crippen LogP contribution is -2.10. The molecule has 0 fully saturated rings. The Morgan fingerprint density at radius 1 is 1.04 bits per heavy atom. The van der Waals surface area contributed by atoms with Gasteiger partial charge in [0.2, 0.25) is 0 Å². The Bertz CT molecular complexity index is 992. The van der Waals surface area contributed by atoms with Gasteiger partial charge in [0.25, 0.3) is 0 Å². The van der Waals surface area contributed by atoms with Crippen molar-refractivity contribution in [2.45, 2.75) is 4.90 Å². The van der Waals surface area contributed by atoms with Gasteiger partial charge in [-0.3, -0.25) is 4.98 Å². The third-order valence-corrected chi connectivity index (χ3v) is 6.25.